The normalized spacial score (nSPS) is 29.3. The molecule has 228 valence electrons. The van der Waals surface area contributed by atoms with Gasteiger partial charge in [0.15, 0.2) is 0 Å². The Morgan fingerprint density at radius 2 is 1.48 bits per heavy atom. The van der Waals surface area contributed by atoms with Crippen LogP contribution < -0.4 is 11.5 Å². The minimum Gasteiger partial charge on any atom is -0.385 e. The van der Waals surface area contributed by atoms with Gasteiger partial charge in [0, 0.05) is 31.6 Å². The van der Waals surface area contributed by atoms with Crippen LogP contribution >= 0.6 is 0 Å². The molecule has 4 N–H and O–H groups in total. The maximum atomic E-state index is 13.6. The zero-order valence-electron chi connectivity index (χ0n) is 24.4. The zero-order valence-corrected chi connectivity index (χ0v) is 24.4. The van der Waals surface area contributed by atoms with Crippen LogP contribution in [0.5, 0.6) is 0 Å². The van der Waals surface area contributed by atoms with Crippen LogP contribution in [-0.2, 0) is 19.1 Å². The maximum absolute atomic E-state index is 13.6. The summed E-state index contributed by atoms with van der Waals surface area (Å²) >= 11 is 0. The SMILES string of the molecule is CN1C(=O)N(CC2CC3(COC3)C2)C2(CC3(CCC(N4C(=O)C(=C(N)N)C(=O)N(CC5CCCC5)C4=O)CC3)C2)C1=O. The van der Waals surface area contributed by atoms with Crippen LogP contribution in [0.4, 0.5) is 9.59 Å². The van der Waals surface area contributed by atoms with Gasteiger partial charge in [-0.25, -0.2) is 9.59 Å². The van der Waals surface area contributed by atoms with E-state index in [-0.39, 0.29) is 47.3 Å². The van der Waals surface area contributed by atoms with Crippen LogP contribution in [0, 0.1) is 22.7 Å². The van der Waals surface area contributed by atoms with Crippen LogP contribution in [0.3, 0.4) is 0 Å². The Morgan fingerprint density at radius 1 is 0.833 bits per heavy atom. The van der Waals surface area contributed by atoms with E-state index in [4.69, 9.17) is 16.2 Å². The van der Waals surface area contributed by atoms with Crippen molar-refractivity contribution in [1.29, 1.82) is 0 Å². The Morgan fingerprint density at radius 3 is 2.05 bits per heavy atom. The molecule has 7 amide bonds. The van der Waals surface area contributed by atoms with Gasteiger partial charge in [0.1, 0.15) is 16.9 Å². The Kier molecular flexibility index (Phi) is 6.21. The lowest BCUT2D eigenvalue weighted by atomic mass is 9.50. The molecule has 0 bridgehead atoms. The van der Waals surface area contributed by atoms with Crippen molar-refractivity contribution in [3.05, 3.63) is 11.4 Å². The highest BCUT2D eigenvalue weighted by molar-refractivity contribution is 6.29. The first-order valence-corrected chi connectivity index (χ1v) is 15.6. The molecule has 0 atom stereocenters. The van der Waals surface area contributed by atoms with Gasteiger partial charge < -0.3 is 21.1 Å². The van der Waals surface area contributed by atoms with E-state index in [1.54, 1.807) is 7.05 Å². The molecule has 7 aliphatic rings. The van der Waals surface area contributed by atoms with Crippen molar-refractivity contribution < 1.29 is 28.7 Å². The monoisotopic (exact) mass is 582 g/mol. The van der Waals surface area contributed by atoms with Crippen molar-refractivity contribution in [3.63, 3.8) is 0 Å². The van der Waals surface area contributed by atoms with Crippen LogP contribution in [0.25, 0.3) is 0 Å². The molecule has 12 heteroatoms. The Bertz CT molecular complexity index is 1260. The molecule has 4 aliphatic carbocycles. The largest absolute Gasteiger partial charge is 0.385 e. The molecular formula is C30H42N6O6. The number of ether oxygens (including phenoxy) is 1. The van der Waals surface area contributed by atoms with Gasteiger partial charge in [-0.2, -0.15) is 0 Å². The predicted octanol–water partition coefficient (Wildman–Crippen LogP) is 1.88. The lowest BCUT2D eigenvalue weighted by Gasteiger charge is -2.60. The van der Waals surface area contributed by atoms with Crippen LogP contribution in [0.15, 0.2) is 11.4 Å². The number of nitrogens with two attached hydrogens (primary N) is 2. The van der Waals surface area contributed by atoms with Gasteiger partial charge in [0.05, 0.1) is 13.2 Å². The first-order chi connectivity index (χ1) is 20.0. The predicted molar refractivity (Wildman–Crippen MR) is 149 cm³/mol. The molecule has 0 aromatic rings. The second-order valence-corrected chi connectivity index (χ2v) is 14.5. The zero-order chi connectivity index (χ0) is 29.6. The van der Waals surface area contributed by atoms with Gasteiger partial charge in [0.25, 0.3) is 17.7 Å². The molecule has 42 heavy (non-hydrogen) atoms. The third-order valence-corrected chi connectivity index (χ3v) is 11.7. The molecule has 3 spiro atoms. The number of likely N-dealkylation sites (N-methyl/N-ethyl adjacent to an activating group) is 1. The summed E-state index contributed by atoms with van der Waals surface area (Å²) in [7, 11) is 1.58. The molecule has 0 aromatic carbocycles. The summed E-state index contributed by atoms with van der Waals surface area (Å²) < 4.78 is 5.40. The number of rotatable bonds is 5. The molecule has 4 saturated carbocycles. The lowest BCUT2D eigenvalue weighted by Crippen LogP contribution is -2.67. The molecule has 7 fully saturated rings. The number of urea groups is 2. The molecule has 3 heterocycles. The average molecular weight is 583 g/mol. The number of nitrogens with zero attached hydrogens (tertiary/aromatic N) is 4. The molecule has 0 aromatic heterocycles. The van der Waals surface area contributed by atoms with E-state index in [1.807, 2.05) is 4.90 Å². The van der Waals surface area contributed by atoms with E-state index in [0.717, 1.165) is 64.6 Å². The number of hydrogen-bond donors (Lipinski definition) is 2. The average Bonchev–Trinajstić information content (AvgIpc) is 3.46. The summed E-state index contributed by atoms with van der Waals surface area (Å²) in [5, 5.41) is 0. The third kappa shape index (κ3) is 3.92. The number of carbonyl (C=O) groups excluding carboxylic acids is 5. The quantitative estimate of drug-likeness (QED) is 0.282. The summed E-state index contributed by atoms with van der Waals surface area (Å²) in [4.78, 5) is 72.3. The smallest absolute Gasteiger partial charge is 0.334 e. The number of carbonyl (C=O) groups is 5. The van der Waals surface area contributed by atoms with Crippen LogP contribution in [0.1, 0.15) is 77.0 Å². The minimum atomic E-state index is -0.789. The molecule has 7 rings (SSSR count). The maximum Gasteiger partial charge on any atom is 0.334 e. The summed E-state index contributed by atoms with van der Waals surface area (Å²) in [5.41, 5.74) is 10.7. The van der Waals surface area contributed by atoms with E-state index in [1.165, 1.54) is 14.7 Å². The topological polar surface area (TPSA) is 160 Å². The van der Waals surface area contributed by atoms with E-state index in [9.17, 15) is 24.0 Å². The molecular weight excluding hydrogens is 540 g/mol. The Labute approximate surface area is 245 Å². The van der Waals surface area contributed by atoms with Crippen molar-refractivity contribution in [2.24, 2.45) is 34.1 Å². The van der Waals surface area contributed by atoms with E-state index in [2.05, 4.69) is 0 Å². The highest BCUT2D eigenvalue weighted by atomic mass is 16.5. The van der Waals surface area contributed by atoms with Crippen molar-refractivity contribution in [2.45, 2.75) is 88.6 Å². The number of amides is 7. The summed E-state index contributed by atoms with van der Waals surface area (Å²) in [6, 6.07) is -1.16. The third-order valence-electron chi connectivity index (χ3n) is 11.7. The minimum absolute atomic E-state index is 0.114. The first kappa shape index (κ1) is 27.7. The van der Waals surface area contributed by atoms with Crippen molar-refractivity contribution in [2.75, 3.05) is 33.4 Å². The van der Waals surface area contributed by atoms with Crippen LogP contribution in [0.2, 0.25) is 0 Å². The van der Waals surface area contributed by atoms with Crippen molar-refractivity contribution >= 4 is 29.8 Å². The summed E-state index contributed by atoms with van der Waals surface area (Å²) in [6.45, 7) is 2.48. The number of imide groups is 3. The fourth-order valence-electron chi connectivity index (χ4n) is 9.50. The van der Waals surface area contributed by atoms with Crippen molar-refractivity contribution in [1.82, 2.24) is 19.6 Å². The molecule has 0 radical (unpaired) electrons. The molecule has 12 nitrogen and oxygen atoms in total. The molecule has 3 aliphatic heterocycles. The van der Waals surface area contributed by atoms with Crippen molar-refractivity contribution in [3.8, 4) is 0 Å². The van der Waals surface area contributed by atoms with E-state index < -0.39 is 23.4 Å². The van der Waals surface area contributed by atoms with Gasteiger partial charge in [-0.05, 0) is 81.5 Å². The second kappa shape index (κ2) is 9.42. The number of barbiturate groups is 1. The van der Waals surface area contributed by atoms with Gasteiger partial charge in [0.2, 0.25) is 0 Å². The fourth-order valence-corrected chi connectivity index (χ4v) is 9.50. The van der Waals surface area contributed by atoms with E-state index in [0.29, 0.717) is 43.6 Å². The van der Waals surface area contributed by atoms with Gasteiger partial charge in [-0.15, -0.1) is 0 Å². The van der Waals surface area contributed by atoms with Gasteiger partial charge in [-0.3, -0.25) is 29.1 Å². The lowest BCUT2D eigenvalue weighted by molar-refractivity contribution is -0.185. The second-order valence-electron chi connectivity index (χ2n) is 14.5. The Balaban J connectivity index is 1.04. The molecule has 0 unspecified atom stereocenters. The van der Waals surface area contributed by atoms with Crippen LogP contribution in [-0.4, -0.2) is 94.3 Å². The molecule has 3 saturated heterocycles. The van der Waals surface area contributed by atoms with Gasteiger partial charge in [-0.1, -0.05) is 12.8 Å². The highest BCUT2D eigenvalue weighted by Crippen LogP contribution is 2.62. The van der Waals surface area contributed by atoms with Gasteiger partial charge >= 0.3 is 12.1 Å². The Hall–Kier alpha value is -3.15. The fraction of sp³-hybridized carbons (Fsp3) is 0.767. The highest BCUT2D eigenvalue weighted by Gasteiger charge is 2.68. The summed E-state index contributed by atoms with van der Waals surface area (Å²) in [6.07, 6.45) is 9.91. The standard InChI is InChI=1S/C30H42N6O6/c1-33-25(39)30(35(26(33)40)13-19-10-29(11-19)16-42-17-29)14-28(15-30)8-6-20(7-9-28)36-24(38)21(22(31)32)23(37)34(27(36)41)12-18-4-2-3-5-18/h18-20H,2-17,31-32H2,1H3. The summed E-state index contributed by atoms with van der Waals surface area (Å²) in [5.74, 6) is -1.27. The number of hydrogen-bond acceptors (Lipinski definition) is 8. The first-order valence-electron chi connectivity index (χ1n) is 15.6. The van der Waals surface area contributed by atoms with E-state index >= 15 is 0 Å².